The number of aromatic nitrogens is 2. The highest BCUT2D eigenvalue weighted by Gasteiger charge is 2.14. The average molecular weight is 239 g/mol. The van der Waals surface area contributed by atoms with Crippen molar-refractivity contribution in [2.45, 2.75) is 26.0 Å². The fourth-order valence-corrected chi connectivity index (χ4v) is 1.65. The predicted molar refractivity (Wildman–Crippen MR) is 51.3 cm³/mol. The molecule has 0 aromatic carbocycles. The first-order chi connectivity index (χ1) is 6.37. The molecule has 1 aromatic heterocycles. The summed E-state index contributed by atoms with van der Waals surface area (Å²) in [5.74, 6) is 0.540. The van der Waals surface area contributed by atoms with Crippen molar-refractivity contribution in [1.29, 1.82) is 0 Å². The molecule has 0 amide bonds. The maximum Gasteiger partial charge on any atom is 0.240 e. The van der Waals surface area contributed by atoms with Crippen LogP contribution in [-0.4, -0.2) is 18.6 Å². The molecule has 7 heteroatoms. The van der Waals surface area contributed by atoms with E-state index in [-0.39, 0.29) is 5.82 Å². The molecule has 0 aliphatic rings. The van der Waals surface area contributed by atoms with Crippen molar-refractivity contribution in [2.24, 2.45) is 5.92 Å². The molecule has 5 nitrogen and oxygen atoms in total. The van der Waals surface area contributed by atoms with E-state index in [0.29, 0.717) is 18.2 Å². The van der Waals surface area contributed by atoms with Crippen LogP contribution in [0.15, 0.2) is 4.52 Å². The molecule has 14 heavy (non-hydrogen) atoms. The van der Waals surface area contributed by atoms with Gasteiger partial charge in [0.05, 0.1) is 0 Å². The summed E-state index contributed by atoms with van der Waals surface area (Å²) in [6, 6.07) is 0. The van der Waals surface area contributed by atoms with Gasteiger partial charge in [0.25, 0.3) is 0 Å². The van der Waals surface area contributed by atoms with Crippen molar-refractivity contribution in [3.8, 4) is 0 Å². The van der Waals surface area contributed by atoms with Crippen LogP contribution in [0.25, 0.3) is 0 Å². The van der Waals surface area contributed by atoms with Gasteiger partial charge < -0.3 is 4.52 Å². The zero-order valence-electron chi connectivity index (χ0n) is 7.90. The third kappa shape index (κ3) is 4.06. The lowest BCUT2D eigenvalue weighted by molar-refractivity contribution is 0.359. The van der Waals surface area contributed by atoms with E-state index in [9.17, 15) is 8.42 Å². The fraction of sp³-hybridized carbons (Fsp3) is 0.714. The van der Waals surface area contributed by atoms with E-state index in [1.807, 2.05) is 13.8 Å². The molecule has 0 saturated carbocycles. The van der Waals surface area contributed by atoms with Gasteiger partial charge in [-0.3, -0.25) is 0 Å². The number of nitrogens with zero attached hydrogens (tertiary/aromatic N) is 2. The third-order valence-corrected chi connectivity index (χ3v) is 2.32. The summed E-state index contributed by atoms with van der Waals surface area (Å²) in [6.45, 7) is 4.00. The normalized spacial score (nSPS) is 12.3. The highest BCUT2D eigenvalue weighted by Crippen LogP contribution is 2.09. The molecule has 0 bridgehead atoms. The van der Waals surface area contributed by atoms with Crippen molar-refractivity contribution >= 4 is 19.7 Å². The molecule has 0 saturated heterocycles. The first kappa shape index (κ1) is 11.5. The van der Waals surface area contributed by atoms with Crippen LogP contribution < -0.4 is 0 Å². The van der Waals surface area contributed by atoms with Crippen LogP contribution in [0.1, 0.15) is 25.6 Å². The van der Waals surface area contributed by atoms with Gasteiger partial charge in [-0.25, -0.2) is 8.42 Å². The Morgan fingerprint density at radius 3 is 2.64 bits per heavy atom. The van der Waals surface area contributed by atoms with Crippen molar-refractivity contribution in [2.75, 3.05) is 0 Å². The smallest absolute Gasteiger partial charge is 0.240 e. The molecular weight excluding hydrogens is 228 g/mol. The molecule has 1 rings (SSSR count). The highest BCUT2D eigenvalue weighted by atomic mass is 35.7. The Morgan fingerprint density at radius 1 is 1.50 bits per heavy atom. The van der Waals surface area contributed by atoms with Crippen LogP contribution in [0.5, 0.6) is 0 Å². The molecule has 0 radical (unpaired) electrons. The topological polar surface area (TPSA) is 73.1 Å². The van der Waals surface area contributed by atoms with E-state index in [1.165, 1.54) is 0 Å². The summed E-state index contributed by atoms with van der Waals surface area (Å²) in [5.41, 5.74) is 0. The Morgan fingerprint density at radius 2 is 2.14 bits per heavy atom. The monoisotopic (exact) mass is 238 g/mol. The zero-order valence-corrected chi connectivity index (χ0v) is 9.47. The van der Waals surface area contributed by atoms with Gasteiger partial charge in [0.1, 0.15) is 5.75 Å². The van der Waals surface area contributed by atoms with Gasteiger partial charge in [-0.2, -0.15) is 4.98 Å². The van der Waals surface area contributed by atoms with Gasteiger partial charge in [0, 0.05) is 17.1 Å². The van der Waals surface area contributed by atoms with Crippen LogP contribution in [-0.2, 0) is 21.2 Å². The van der Waals surface area contributed by atoms with Gasteiger partial charge in [0.15, 0.2) is 5.82 Å². The van der Waals surface area contributed by atoms with Crippen molar-refractivity contribution in [1.82, 2.24) is 10.1 Å². The summed E-state index contributed by atoms with van der Waals surface area (Å²) >= 11 is 0. The van der Waals surface area contributed by atoms with Gasteiger partial charge in [-0.1, -0.05) is 19.0 Å². The SMILES string of the molecule is CC(C)Cc1nc(CS(=O)(=O)Cl)no1. The van der Waals surface area contributed by atoms with Gasteiger partial charge in [-0.15, -0.1) is 0 Å². The lowest BCUT2D eigenvalue weighted by atomic mass is 10.1. The minimum Gasteiger partial charge on any atom is -0.339 e. The Bertz CT molecular complexity index is 399. The number of rotatable bonds is 4. The first-order valence-electron chi connectivity index (χ1n) is 4.10. The van der Waals surface area contributed by atoms with Crippen LogP contribution >= 0.6 is 10.7 Å². The summed E-state index contributed by atoms with van der Waals surface area (Å²) < 4.78 is 26.2. The van der Waals surface area contributed by atoms with Crippen LogP contribution in [0.4, 0.5) is 0 Å². The summed E-state index contributed by atoms with van der Waals surface area (Å²) in [4.78, 5) is 3.89. The average Bonchev–Trinajstić information content (AvgIpc) is 2.30. The van der Waals surface area contributed by atoms with Crippen LogP contribution in [0.3, 0.4) is 0 Å². The lowest BCUT2D eigenvalue weighted by Crippen LogP contribution is -1.98. The molecular formula is C7H11ClN2O3S. The van der Waals surface area contributed by atoms with Crippen LogP contribution in [0, 0.1) is 5.92 Å². The van der Waals surface area contributed by atoms with Gasteiger partial charge in [0.2, 0.25) is 14.9 Å². The number of hydrogen-bond donors (Lipinski definition) is 0. The van der Waals surface area contributed by atoms with Crippen molar-refractivity contribution in [3.05, 3.63) is 11.7 Å². The molecule has 0 atom stereocenters. The maximum absolute atomic E-state index is 10.7. The number of hydrogen-bond acceptors (Lipinski definition) is 5. The van der Waals surface area contributed by atoms with E-state index >= 15 is 0 Å². The minimum atomic E-state index is -3.61. The predicted octanol–water partition coefficient (Wildman–Crippen LogP) is 1.34. The fourth-order valence-electron chi connectivity index (χ4n) is 0.935. The summed E-state index contributed by atoms with van der Waals surface area (Å²) in [6.07, 6.45) is 0.634. The molecule has 0 unspecified atom stereocenters. The molecule has 1 aromatic rings. The Labute approximate surface area is 86.9 Å². The lowest BCUT2D eigenvalue weighted by Gasteiger charge is -1.95. The molecule has 0 spiro atoms. The Kier molecular flexibility index (Phi) is 3.49. The first-order valence-corrected chi connectivity index (χ1v) is 6.58. The van der Waals surface area contributed by atoms with E-state index in [1.54, 1.807) is 0 Å². The van der Waals surface area contributed by atoms with E-state index < -0.39 is 14.8 Å². The second kappa shape index (κ2) is 4.27. The Hall–Kier alpha value is -0.620. The van der Waals surface area contributed by atoms with E-state index in [2.05, 4.69) is 10.1 Å². The molecule has 0 fully saturated rings. The minimum absolute atomic E-state index is 0.107. The zero-order chi connectivity index (χ0) is 10.8. The third-order valence-electron chi connectivity index (χ3n) is 1.39. The largest absolute Gasteiger partial charge is 0.339 e. The highest BCUT2D eigenvalue weighted by molar-refractivity contribution is 8.13. The molecule has 0 aliphatic heterocycles. The molecule has 1 heterocycles. The van der Waals surface area contributed by atoms with E-state index in [4.69, 9.17) is 15.2 Å². The second-order valence-corrected chi connectivity index (χ2v) is 6.16. The summed E-state index contributed by atoms with van der Waals surface area (Å²) in [7, 11) is 1.43. The second-order valence-electron chi connectivity index (χ2n) is 3.39. The van der Waals surface area contributed by atoms with Crippen molar-refractivity contribution in [3.63, 3.8) is 0 Å². The molecule has 0 N–H and O–H groups in total. The standard InChI is InChI=1S/C7H11ClN2O3S/c1-5(2)3-7-9-6(10-13-7)4-14(8,11)12/h5H,3-4H2,1-2H3. The van der Waals surface area contributed by atoms with Crippen molar-refractivity contribution < 1.29 is 12.9 Å². The molecule has 0 aliphatic carbocycles. The number of halogens is 1. The quantitative estimate of drug-likeness (QED) is 0.740. The summed E-state index contributed by atoms with van der Waals surface area (Å²) in [5, 5.41) is 3.50. The van der Waals surface area contributed by atoms with Gasteiger partial charge in [-0.05, 0) is 5.92 Å². The van der Waals surface area contributed by atoms with E-state index in [0.717, 1.165) is 0 Å². The maximum atomic E-state index is 10.7. The van der Waals surface area contributed by atoms with Crippen LogP contribution in [0.2, 0.25) is 0 Å². The van der Waals surface area contributed by atoms with Gasteiger partial charge >= 0.3 is 0 Å². The molecule has 80 valence electrons. The Balaban J connectivity index is 2.69.